The Morgan fingerprint density at radius 3 is 2.94 bits per heavy atom. The van der Waals surface area contributed by atoms with E-state index in [4.69, 9.17) is 4.74 Å². The maximum absolute atomic E-state index is 11.8. The number of ether oxygens (including phenoxy) is 1. The van der Waals surface area contributed by atoms with E-state index in [1.54, 1.807) is 7.11 Å². The quantitative estimate of drug-likeness (QED) is 0.807. The highest BCUT2D eigenvalue weighted by Crippen LogP contribution is 2.35. The molecular weight excluding hydrogens is 204 g/mol. The van der Waals surface area contributed by atoms with Crippen LogP contribution in [0.4, 0.5) is 5.69 Å². The highest BCUT2D eigenvalue weighted by molar-refractivity contribution is 6.02. The number of rotatable bonds is 3. The van der Waals surface area contributed by atoms with E-state index in [1.807, 2.05) is 18.2 Å². The summed E-state index contributed by atoms with van der Waals surface area (Å²) in [5.74, 6) is 0.807. The molecule has 1 amide bonds. The molecule has 84 valence electrons. The second kappa shape index (κ2) is 3.49. The van der Waals surface area contributed by atoms with E-state index in [0.29, 0.717) is 6.04 Å². The third kappa shape index (κ3) is 1.55. The predicted molar refractivity (Wildman–Crippen MR) is 60.5 cm³/mol. The molecule has 1 heterocycles. The maximum Gasteiger partial charge on any atom is 0.246 e. The Kier molecular flexibility index (Phi) is 2.11. The molecule has 4 heteroatoms. The monoisotopic (exact) mass is 218 g/mol. The van der Waals surface area contributed by atoms with Crippen molar-refractivity contribution in [2.24, 2.45) is 0 Å². The third-order valence-electron chi connectivity index (χ3n) is 3.07. The van der Waals surface area contributed by atoms with E-state index >= 15 is 0 Å². The van der Waals surface area contributed by atoms with Crippen molar-refractivity contribution in [3.63, 3.8) is 0 Å². The van der Waals surface area contributed by atoms with Crippen LogP contribution in [0.15, 0.2) is 18.2 Å². The number of benzene rings is 1. The van der Waals surface area contributed by atoms with Gasteiger partial charge in [0, 0.05) is 23.4 Å². The second-order valence-electron chi connectivity index (χ2n) is 4.32. The zero-order chi connectivity index (χ0) is 11.1. The molecule has 4 nitrogen and oxygen atoms in total. The first-order valence-corrected chi connectivity index (χ1v) is 5.53. The molecule has 16 heavy (non-hydrogen) atoms. The predicted octanol–water partition coefficient (Wildman–Crippen LogP) is 1.44. The van der Waals surface area contributed by atoms with Crippen molar-refractivity contribution >= 4 is 11.6 Å². The summed E-state index contributed by atoms with van der Waals surface area (Å²) in [6.07, 6.45) is 2.35. The van der Waals surface area contributed by atoms with Crippen molar-refractivity contribution < 1.29 is 9.53 Å². The van der Waals surface area contributed by atoms with E-state index in [0.717, 1.165) is 17.0 Å². The van der Waals surface area contributed by atoms with Gasteiger partial charge < -0.3 is 10.1 Å². The number of methoxy groups -OCH3 is 1. The summed E-state index contributed by atoms with van der Waals surface area (Å²) in [5, 5.41) is 6.22. The topological polar surface area (TPSA) is 50.4 Å². The van der Waals surface area contributed by atoms with Gasteiger partial charge in [-0.2, -0.15) is 0 Å². The lowest BCUT2D eigenvalue weighted by Gasteiger charge is -2.10. The summed E-state index contributed by atoms with van der Waals surface area (Å²) >= 11 is 0. The summed E-state index contributed by atoms with van der Waals surface area (Å²) in [7, 11) is 1.62. The maximum atomic E-state index is 11.8. The molecule has 1 aliphatic carbocycles. The molecule has 1 aromatic rings. The van der Waals surface area contributed by atoms with Crippen LogP contribution in [0.5, 0.6) is 5.75 Å². The summed E-state index contributed by atoms with van der Waals surface area (Å²) in [6, 6.07) is 6.03. The molecule has 1 unspecified atom stereocenters. The van der Waals surface area contributed by atoms with Crippen LogP contribution >= 0.6 is 0 Å². The molecule has 0 bridgehead atoms. The van der Waals surface area contributed by atoms with Crippen LogP contribution in [0, 0.1) is 0 Å². The van der Waals surface area contributed by atoms with Crippen molar-refractivity contribution in [2.75, 3.05) is 12.4 Å². The van der Waals surface area contributed by atoms with Gasteiger partial charge in [0.05, 0.1) is 7.11 Å². The largest absolute Gasteiger partial charge is 0.497 e. The average Bonchev–Trinajstić information content (AvgIpc) is 3.04. The number of carbonyl (C=O) groups is 1. The van der Waals surface area contributed by atoms with Crippen molar-refractivity contribution in [3.8, 4) is 5.75 Å². The fourth-order valence-electron chi connectivity index (χ4n) is 2.02. The first-order chi connectivity index (χ1) is 7.78. The minimum absolute atomic E-state index is 0.0372. The molecule has 0 spiro atoms. The Labute approximate surface area is 94.0 Å². The van der Waals surface area contributed by atoms with Gasteiger partial charge in [0.1, 0.15) is 11.8 Å². The van der Waals surface area contributed by atoms with Gasteiger partial charge in [0.2, 0.25) is 5.91 Å². The van der Waals surface area contributed by atoms with Crippen molar-refractivity contribution in [1.29, 1.82) is 0 Å². The van der Waals surface area contributed by atoms with Gasteiger partial charge in [-0.25, -0.2) is 0 Å². The third-order valence-corrected chi connectivity index (χ3v) is 3.07. The molecule has 1 fully saturated rings. The van der Waals surface area contributed by atoms with Gasteiger partial charge in [-0.1, -0.05) is 6.07 Å². The summed E-state index contributed by atoms with van der Waals surface area (Å²) in [4.78, 5) is 11.8. The molecule has 0 saturated heterocycles. The number of anilines is 1. The lowest BCUT2D eigenvalue weighted by atomic mass is 10.1. The SMILES string of the molecule is COc1ccc2c(c1)NC(=O)C2NC1CC1. The molecule has 0 radical (unpaired) electrons. The van der Waals surface area contributed by atoms with Crippen LogP contribution in [0.3, 0.4) is 0 Å². The minimum Gasteiger partial charge on any atom is -0.497 e. The molecular formula is C12H14N2O2. The van der Waals surface area contributed by atoms with E-state index in [-0.39, 0.29) is 11.9 Å². The Morgan fingerprint density at radius 2 is 2.25 bits per heavy atom. The Hall–Kier alpha value is -1.55. The Balaban J connectivity index is 1.90. The first kappa shape index (κ1) is 9.66. The van der Waals surface area contributed by atoms with Gasteiger partial charge in [-0.05, 0) is 18.9 Å². The highest BCUT2D eigenvalue weighted by atomic mass is 16.5. The van der Waals surface area contributed by atoms with E-state index in [2.05, 4.69) is 10.6 Å². The molecule has 0 aromatic heterocycles. The number of hydrogen-bond acceptors (Lipinski definition) is 3. The standard InChI is InChI=1S/C12H14N2O2/c1-16-8-4-5-9-10(6-8)14-12(15)11(9)13-7-2-3-7/h4-7,11,13H,2-3H2,1H3,(H,14,15). The van der Waals surface area contributed by atoms with Crippen LogP contribution < -0.4 is 15.4 Å². The molecule has 1 saturated carbocycles. The number of fused-ring (bicyclic) bond motifs is 1. The van der Waals surface area contributed by atoms with Crippen molar-refractivity contribution in [3.05, 3.63) is 23.8 Å². The molecule has 3 rings (SSSR count). The van der Waals surface area contributed by atoms with Crippen LogP contribution in [0.1, 0.15) is 24.4 Å². The van der Waals surface area contributed by atoms with Crippen LogP contribution in [-0.4, -0.2) is 19.1 Å². The van der Waals surface area contributed by atoms with E-state index < -0.39 is 0 Å². The number of nitrogens with one attached hydrogen (secondary N) is 2. The smallest absolute Gasteiger partial charge is 0.246 e. The van der Waals surface area contributed by atoms with Gasteiger partial charge in [0.15, 0.2) is 0 Å². The number of carbonyl (C=O) groups excluding carboxylic acids is 1. The average molecular weight is 218 g/mol. The number of amides is 1. The van der Waals surface area contributed by atoms with E-state index in [9.17, 15) is 4.79 Å². The van der Waals surface area contributed by atoms with Gasteiger partial charge >= 0.3 is 0 Å². The van der Waals surface area contributed by atoms with Crippen LogP contribution in [0.25, 0.3) is 0 Å². The normalized spacial score (nSPS) is 22.8. The first-order valence-electron chi connectivity index (χ1n) is 5.53. The van der Waals surface area contributed by atoms with Crippen LogP contribution in [-0.2, 0) is 4.79 Å². The summed E-state index contributed by atoms with van der Waals surface area (Å²) < 4.78 is 5.13. The molecule has 1 aromatic carbocycles. The Bertz CT molecular complexity index is 441. The highest BCUT2D eigenvalue weighted by Gasteiger charge is 2.35. The van der Waals surface area contributed by atoms with E-state index in [1.165, 1.54) is 12.8 Å². The Morgan fingerprint density at radius 1 is 1.44 bits per heavy atom. The summed E-state index contributed by atoms with van der Waals surface area (Å²) in [6.45, 7) is 0. The van der Waals surface area contributed by atoms with Gasteiger partial charge in [-0.3, -0.25) is 10.1 Å². The zero-order valence-corrected chi connectivity index (χ0v) is 9.12. The van der Waals surface area contributed by atoms with Gasteiger partial charge in [-0.15, -0.1) is 0 Å². The lowest BCUT2D eigenvalue weighted by Crippen LogP contribution is -2.29. The van der Waals surface area contributed by atoms with Gasteiger partial charge in [0.25, 0.3) is 0 Å². The fourth-order valence-corrected chi connectivity index (χ4v) is 2.02. The zero-order valence-electron chi connectivity index (χ0n) is 9.12. The number of hydrogen-bond donors (Lipinski definition) is 2. The second-order valence-corrected chi connectivity index (χ2v) is 4.32. The summed E-state index contributed by atoms with van der Waals surface area (Å²) in [5.41, 5.74) is 1.89. The fraction of sp³-hybridized carbons (Fsp3) is 0.417. The molecule has 1 atom stereocenters. The minimum atomic E-state index is -0.187. The molecule has 1 aliphatic heterocycles. The lowest BCUT2D eigenvalue weighted by molar-refractivity contribution is -0.117. The van der Waals surface area contributed by atoms with Crippen molar-refractivity contribution in [1.82, 2.24) is 5.32 Å². The molecule has 2 aliphatic rings. The van der Waals surface area contributed by atoms with Crippen molar-refractivity contribution in [2.45, 2.75) is 24.9 Å². The van der Waals surface area contributed by atoms with Crippen LogP contribution in [0.2, 0.25) is 0 Å². The molecule has 2 N–H and O–H groups in total.